The average molecular weight is 376 g/mol. The summed E-state index contributed by atoms with van der Waals surface area (Å²) < 4.78 is 1.61. The number of aromatic nitrogens is 1. The summed E-state index contributed by atoms with van der Waals surface area (Å²) in [5, 5.41) is 18.9. The molecular formula is C21H32N2O4. The molecule has 1 aliphatic rings. The molecule has 150 valence electrons. The Bertz CT molecular complexity index is 762. The summed E-state index contributed by atoms with van der Waals surface area (Å²) in [7, 11) is 0. The molecule has 0 aliphatic carbocycles. The first-order chi connectivity index (χ1) is 12.9. The molecule has 2 N–H and O–H groups in total. The lowest BCUT2D eigenvalue weighted by Gasteiger charge is -2.30. The zero-order valence-electron chi connectivity index (χ0n) is 17.0. The maximum atomic E-state index is 11.7. The van der Waals surface area contributed by atoms with Crippen LogP contribution >= 0.6 is 0 Å². The van der Waals surface area contributed by atoms with Crippen molar-refractivity contribution in [1.29, 1.82) is 0 Å². The highest BCUT2D eigenvalue weighted by Crippen LogP contribution is 2.28. The van der Waals surface area contributed by atoms with Crippen molar-refractivity contribution in [3.63, 3.8) is 0 Å². The van der Waals surface area contributed by atoms with Crippen LogP contribution < -0.4 is 5.43 Å². The SMILES string of the molecule is C/C=C(\C(C)=C/CC)N1CCCC1Cn1cc(O)c(=O)c(C(=O)O)c1.CC. The van der Waals surface area contributed by atoms with Crippen LogP contribution in [0.2, 0.25) is 0 Å². The fourth-order valence-electron chi connectivity index (χ4n) is 3.49. The van der Waals surface area contributed by atoms with E-state index in [0.717, 1.165) is 25.8 Å². The zero-order valence-corrected chi connectivity index (χ0v) is 17.0. The number of aromatic hydroxyl groups is 1. The van der Waals surface area contributed by atoms with Crippen molar-refractivity contribution in [3.8, 4) is 5.75 Å². The van der Waals surface area contributed by atoms with Gasteiger partial charge in [-0.3, -0.25) is 4.79 Å². The van der Waals surface area contributed by atoms with Gasteiger partial charge in [0.25, 0.3) is 0 Å². The summed E-state index contributed by atoms with van der Waals surface area (Å²) in [6.07, 6.45) is 9.92. The zero-order chi connectivity index (χ0) is 20.6. The first-order valence-corrected chi connectivity index (χ1v) is 9.65. The number of carbonyl (C=O) groups is 1. The van der Waals surface area contributed by atoms with Crippen molar-refractivity contribution in [2.24, 2.45) is 0 Å². The van der Waals surface area contributed by atoms with Crippen molar-refractivity contribution in [2.75, 3.05) is 6.54 Å². The van der Waals surface area contributed by atoms with E-state index in [1.165, 1.54) is 23.7 Å². The Balaban J connectivity index is 0.00000176. The second kappa shape index (κ2) is 10.6. The van der Waals surface area contributed by atoms with E-state index in [1.807, 2.05) is 20.8 Å². The molecule has 2 rings (SSSR count). The highest BCUT2D eigenvalue weighted by Gasteiger charge is 2.27. The highest BCUT2D eigenvalue weighted by molar-refractivity contribution is 5.87. The topological polar surface area (TPSA) is 82.8 Å². The first-order valence-electron chi connectivity index (χ1n) is 9.65. The number of rotatable bonds is 6. The normalized spacial score (nSPS) is 17.5. The van der Waals surface area contributed by atoms with Crippen LogP contribution in [0.15, 0.2) is 40.6 Å². The van der Waals surface area contributed by atoms with Gasteiger partial charge in [-0.15, -0.1) is 0 Å². The molecule has 0 spiro atoms. The minimum Gasteiger partial charge on any atom is -0.503 e. The second-order valence-electron chi connectivity index (χ2n) is 6.35. The summed E-state index contributed by atoms with van der Waals surface area (Å²) in [6, 6.07) is 0.190. The predicted molar refractivity (Wildman–Crippen MR) is 108 cm³/mol. The lowest BCUT2D eigenvalue weighted by atomic mass is 10.1. The minimum atomic E-state index is -1.33. The van der Waals surface area contributed by atoms with Gasteiger partial charge in [-0.05, 0) is 38.7 Å². The van der Waals surface area contributed by atoms with E-state index in [4.69, 9.17) is 5.11 Å². The molecule has 2 heterocycles. The first kappa shape index (κ1) is 22.5. The molecule has 1 aliphatic heterocycles. The van der Waals surface area contributed by atoms with Gasteiger partial charge in [0.1, 0.15) is 5.56 Å². The van der Waals surface area contributed by atoms with E-state index >= 15 is 0 Å². The maximum Gasteiger partial charge on any atom is 0.341 e. The van der Waals surface area contributed by atoms with Gasteiger partial charge >= 0.3 is 5.97 Å². The second-order valence-corrected chi connectivity index (χ2v) is 6.35. The van der Waals surface area contributed by atoms with Crippen LogP contribution in [0.3, 0.4) is 0 Å². The molecule has 0 amide bonds. The van der Waals surface area contributed by atoms with E-state index in [0.29, 0.717) is 6.54 Å². The molecule has 6 heteroatoms. The van der Waals surface area contributed by atoms with Crippen molar-refractivity contribution in [1.82, 2.24) is 9.47 Å². The number of nitrogens with zero attached hydrogens (tertiary/aromatic N) is 2. The number of carboxylic acid groups (broad SMARTS) is 1. The third kappa shape index (κ3) is 5.49. The highest BCUT2D eigenvalue weighted by atomic mass is 16.4. The third-order valence-electron chi connectivity index (χ3n) is 4.59. The molecule has 1 aromatic heterocycles. The molecule has 1 atom stereocenters. The van der Waals surface area contributed by atoms with E-state index in [1.54, 1.807) is 4.57 Å². The summed E-state index contributed by atoms with van der Waals surface area (Å²) in [6.45, 7) is 11.7. The monoisotopic (exact) mass is 376 g/mol. The molecule has 0 bridgehead atoms. The molecule has 0 aromatic carbocycles. The molecule has 1 aromatic rings. The number of hydrogen-bond donors (Lipinski definition) is 2. The number of allylic oxidation sites excluding steroid dienone is 3. The molecular weight excluding hydrogens is 344 g/mol. The van der Waals surface area contributed by atoms with Crippen molar-refractivity contribution in [3.05, 3.63) is 51.6 Å². The number of hydrogen-bond acceptors (Lipinski definition) is 4. The van der Waals surface area contributed by atoms with Gasteiger partial charge in [-0.2, -0.15) is 0 Å². The van der Waals surface area contributed by atoms with Crippen molar-refractivity contribution in [2.45, 2.75) is 66.5 Å². The fraction of sp³-hybridized carbons (Fsp3) is 0.524. The number of carboxylic acids is 1. The lowest BCUT2D eigenvalue weighted by Crippen LogP contribution is -2.33. The summed E-state index contributed by atoms with van der Waals surface area (Å²) >= 11 is 0. The lowest BCUT2D eigenvalue weighted by molar-refractivity contribution is 0.0693. The largest absolute Gasteiger partial charge is 0.503 e. The van der Waals surface area contributed by atoms with Crippen LogP contribution in [0.1, 0.15) is 64.2 Å². The van der Waals surface area contributed by atoms with Crippen LogP contribution in [-0.4, -0.2) is 38.2 Å². The Hall–Kier alpha value is -2.50. The van der Waals surface area contributed by atoms with Crippen LogP contribution in [0.4, 0.5) is 0 Å². The summed E-state index contributed by atoms with van der Waals surface area (Å²) in [5.41, 5.74) is 1.17. The Labute approximate surface area is 161 Å². The van der Waals surface area contributed by atoms with Crippen molar-refractivity contribution < 1.29 is 15.0 Å². The number of pyridine rings is 1. The minimum absolute atomic E-state index is 0.190. The molecule has 0 radical (unpaired) electrons. The van der Waals surface area contributed by atoms with Gasteiger partial charge in [0.15, 0.2) is 5.75 Å². The van der Waals surface area contributed by atoms with Crippen molar-refractivity contribution >= 4 is 5.97 Å². The molecule has 1 unspecified atom stereocenters. The van der Waals surface area contributed by atoms with Gasteiger partial charge in [0, 0.05) is 37.2 Å². The van der Waals surface area contributed by atoms with E-state index < -0.39 is 22.7 Å². The van der Waals surface area contributed by atoms with Crippen LogP contribution in [0.25, 0.3) is 0 Å². The van der Waals surface area contributed by atoms with Gasteiger partial charge in [-0.25, -0.2) is 4.79 Å². The Morgan fingerprint density at radius 3 is 2.56 bits per heavy atom. The molecule has 0 saturated carbocycles. The summed E-state index contributed by atoms with van der Waals surface area (Å²) in [5.74, 6) is -1.86. The van der Waals surface area contributed by atoms with Crippen LogP contribution in [-0.2, 0) is 6.54 Å². The third-order valence-corrected chi connectivity index (χ3v) is 4.59. The Morgan fingerprint density at radius 1 is 1.33 bits per heavy atom. The standard InChI is InChI=1S/C19H26N2O4.C2H6/c1-4-7-13(3)16(5-2)21-9-6-8-14(21)10-20-11-15(19(24)25)18(23)17(22)12-20;1-2/h5,7,11-12,14,22H,4,6,8-10H2,1-3H3,(H,24,25);1-2H3/b13-7-,16-5+;. The summed E-state index contributed by atoms with van der Waals surface area (Å²) in [4.78, 5) is 25.2. The van der Waals surface area contributed by atoms with Gasteiger partial charge in [0.05, 0.1) is 0 Å². The number of aromatic carboxylic acids is 1. The average Bonchev–Trinajstić information content (AvgIpc) is 3.08. The molecule has 1 fully saturated rings. The van der Waals surface area contributed by atoms with Gasteiger partial charge < -0.3 is 19.7 Å². The Morgan fingerprint density at radius 2 is 2.00 bits per heavy atom. The molecule has 27 heavy (non-hydrogen) atoms. The molecule has 1 saturated heterocycles. The van der Waals surface area contributed by atoms with Crippen LogP contribution in [0, 0.1) is 0 Å². The van der Waals surface area contributed by atoms with E-state index in [9.17, 15) is 14.7 Å². The quantitative estimate of drug-likeness (QED) is 0.733. The van der Waals surface area contributed by atoms with E-state index in [-0.39, 0.29) is 6.04 Å². The fourth-order valence-corrected chi connectivity index (χ4v) is 3.49. The maximum absolute atomic E-state index is 11.7. The van der Waals surface area contributed by atoms with Gasteiger partial charge in [-0.1, -0.05) is 32.9 Å². The smallest absolute Gasteiger partial charge is 0.341 e. The molecule has 6 nitrogen and oxygen atoms in total. The predicted octanol–water partition coefficient (Wildman–Crippen LogP) is 4.00. The van der Waals surface area contributed by atoms with E-state index in [2.05, 4.69) is 30.9 Å². The number of likely N-dealkylation sites (tertiary alicyclic amines) is 1. The van der Waals surface area contributed by atoms with Gasteiger partial charge in [0.2, 0.25) is 5.43 Å². The van der Waals surface area contributed by atoms with Crippen LogP contribution in [0.5, 0.6) is 5.75 Å². The Kier molecular flexibility index (Phi) is 8.85.